The van der Waals surface area contributed by atoms with Gasteiger partial charge in [-0.25, -0.2) is 13.8 Å². The number of carbonyl (C=O) groups is 1. The molecular formula is C21H23F2N5O3. The number of benzene rings is 1. The molecule has 8 nitrogen and oxygen atoms in total. The van der Waals surface area contributed by atoms with Crippen LogP contribution in [0.2, 0.25) is 0 Å². The highest BCUT2D eigenvalue weighted by atomic mass is 19.1. The second-order valence-electron chi connectivity index (χ2n) is 7.88. The van der Waals surface area contributed by atoms with Crippen molar-refractivity contribution < 1.29 is 23.8 Å². The van der Waals surface area contributed by atoms with Crippen LogP contribution in [0.1, 0.15) is 27.2 Å². The molecule has 2 heterocycles. The molecule has 1 aliphatic heterocycles. The summed E-state index contributed by atoms with van der Waals surface area (Å²) in [5.41, 5.74) is -0.569. The quantitative estimate of drug-likeness (QED) is 0.477. The first-order chi connectivity index (χ1) is 14.5. The molecule has 10 heteroatoms. The summed E-state index contributed by atoms with van der Waals surface area (Å²) in [7, 11) is 0. The number of amides is 1. The number of terminal acetylenes is 1. The molecule has 0 fully saturated rings. The van der Waals surface area contributed by atoms with E-state index in [1.165, 1.54) is 11.1 Å². The van der Waals surface area contributed by atoms with E-state index in [4.69, 9.17) is 6.42 Å². The molecule has 0 saturated heterocycles. The van der Waals surface area contributed by atoms with Crippen LogP contribution in [-0.4, -0.2) is 50.8 Å². The van der Waals surface area contributed by atoms with Crippen LogP contribution in [0.4, 0.5) is 31.9 Å². The number of anilines is 4. The maximum absolute atomic E-state index is 13.6. The number of aromatic nitrogens is 2. The fourth-order valence-corrected chi connectivity index (χ4v) is 3.18. The molecule has 1 amide bonds. The van der Waals surface area contributed by atoms with E-state index in [0.29, 0.717) is 17.9 Å². The van der Waals surface area contributed by atoms with Gasteiger partial charge in [0.25, 0.3) is 0 Å². The first-order valence-electron chi connectivity index (χ1n) is 9.57. The third-order valence-electron chi connectivity index (χ3n) is 4.89. The number of halogens is 2. The number of carbonyl (C=O) groups excluding carboxylic acids is 1. The number of nitrogens with zero attached hydrogens (tertiary/aromatic N) is 4. The molecule has 3 N–H and O–H groups in total. The number of hydrogen-bond donors (Lipinski definition) is 3. The average molecular weight is 431 g/mol. The van der Waals surface area contributed by atoms with Crippen LogP contribution < -0.4 is 15.1 Å². The summed E-state index contributed by atoms with van der Waals surface area (Å²) in [5.74, 6) is -0.658. The number of phenols is 1. The van der Waals surface area contributed by atoms with E-state index >= 15 is 0 Å². The topological polar surface area (TPSA) is 102 Å². The van der Waals surface area contributed by atoms with Crippen molar-refractivity contribution in [3.8, 4) is 18.1 Å². The number of phenolic OH excluding ortho intramolecular Hbond substituents is 1. The minimum Gasteiger partial charge on any atom is -0.503 e. The van der Waals surface area contributed by atoms with Gasteiger partial charge >= 0.3 is 0 Å². The highest BCUT2D eigenvalue weighted by Crippen LogP contribution is 2.35. The highest BCUT2D eigenvalue weighted by Gasteiger charge is 2.37. The van der Waals surface area contributed by atoms with E-state index in [1.54, 1.807) is 25.7 Å². The van der Waals surface area contributed by atoms with Crippen molar-refractivity contribution in [1.82, 2.24) is 9.97 Å². The molecular weight excluding hydrogens is 408 g/mol. The molecule has 0 aliphatic carbocycles. The van der Waals surface area contributed by atoms with Crippen LogP contribution in [0.25, 0.3) is 0 Å². The summed E-state index contributed by atoms with van der Waals surface area (Å²) >= 11 is 0. The Bertz CT molecular complexity index is 1030. The van der Waals surface area contributed by atoms with E-state index in [-0.39, 0.29) is 30.6 Å². The minimum absolute atomic E-state index is 0.00456. The van der Waals surface area contributed by atoms with E-state index in [9.17, 15) is 23.8 Å². The molecule has 1 atom stereocenters. The summed E-state index contributed by atoms with van der Waals surface area (Å²) < 4.78 is 27.3. The minimum atomic E-state index is -1.13. The maximum atomic E-state index is 13.6. The Labute approximate surface area is 178 Å². The smallest absolute Gasteiger partial charge is 0.249 e. The van der Waals surface area contributed by atoms with Crippen molar-refractivity contribution in [3.05, 3.63) is 30.0 Å². The van der Waals surface area contributed by atoms with Gasteiger partial charge < -0.3 is 25.3 Å². The maximum Gasteiger partial charge on any atom is 0.249 e. The predicted octanol–water partition coefficient (Wildman–Crippen LogP) is 2.54. The van der Waals surface area contributed by atoms with Crippen LogP contribution in [0, 0.1) is 24.0 Å². The van der Waals surface area contributed by atoms with E-state index in [1.807, 2.05) is 0 Å². The third kappa shape index (κ3) is 4.67. The van der Waals surface area contributed by atoms with Crippen molar-refractivity contribution in [2.75, 3.05) is 28.2 Å². The predicted molar refractivity (Wildman–Crippen MR) is 112 cm³/mol. The lowest BCUT2D eigenvalue weighted by atomic mass is 10.0. The molecule has 0 radical (unpaired) electrons. The first kappa shape index (κ1) is 22.2. The molecule has 0 spiro atoms. The van der Waals surface area contributed by atoms with Gasteiger partial charge in [-0.05, 0) is 27.2 Å². The van der Waals surface area contributed by atoms with Crippen LogP contribution in [0.15, 0.2) is 18.3 Å². The van der Waals surface area contributed by atoms with Gasteiger partial charge in [-0.15, -0.1) is 6.42 Å². The van der Waals surface area contributed by atoms with Crippen molar-refractivity contribution >= 4 is 29.0 Å². The van der Waals surface area contributed by atoms with Gasteiger partial charge in [0.15, 0.2) is 23.2 Å². The molecule has 1 aliphatic rings. The molecule has 2 aromatic rings. The van der Waals surface area contributed by atoms with Gasteiger partial charge in [0.2, 0.25) is 11.9 Å². The molecule has 1 aromatic heterocycles. The Morgan fingerprint density at radius 2 is 1.97 bits per heavy atom. The second-order valence-corrected chi connectivity index (χ2v) is 7.88. The molecule has 164 valence electrons. The van der Waals surface area contributed by atoms with Gasteiger partial charge in [-0.2, -0.15) is 4.98 Å². The Morgan fingerprint density at radius 1 is 1.32 bits per heavy atom. The highest BCUT2D eigenvalue weighted by molar-refractivity contribution is 6.04. The number of fused-ring (bicyclic) bond motifs is 1. The molecule has 3 rings (SSSR count). The van der Waals surface area contributed by atoms with E-state index in [0.717, 1.165) is 12.1 Å². The lowest BCUT2D eigenvalue weighted by Gasteiger charge is -2.40. The molecule has 0 bridgehead atoms. The van der Waals surface area contributed by atoms with Gasteiger partial charge in [0.1, 0.15) is 11.7 Å². The van der Waals surface area contributed by atoms with Crippen molar-refractivity contribution in [2.45, 2.75) is 38.8 Å². The number of nitrogens with one attached hydrogen (secondary N) is 1. The number of aliphatic hydroxyl groups is 1. The Morgan fingerprint density at radius 3 is 2.55 bits per heavy atom. The van der Waals surface area contributed by atoms with Gasteiger partial charge in [0.05, 0.1) is 18.3 Å². The fraction of sp³-hybridized carbons (Fsp3) is 0.381. The van der Waals surface area contributed by atoms with Gasteiger partial charge in [-0.1, -0.05) is 5.92 Å². The van der Waals surface area contributed by atoms with Crippen molar-refractivity contribution in [3.63, 3.8) is 0 Å². The van der Waals surface area contributed by atoms with Gasteiger partial charge in [-0.3, -0.25) is 4.79 Å². The largest absolute Gasteiger partial charge is 0.503 e. The molecule has 0 saturated carbocycles. The van der Waals surface area contributed by atoms with Crippen LogP contribution >= 0.6 is 0 Å². The van der Waals surface area contributed by atoms with Crippen LogP contribution in [-0.2, 0) is 4.79 Å². The summed E-state index contributed by atoms with van der Waals surface area (Å²) in [6.45, 7) is 5.34. The Hall–Kier alpha value is -3.45. The average Bonchev–Trinajstić information content (AvgIpc) is 2.69. The summed E-state index contributed by atoms with van der Waals surface area (Å²) in [5, 5.41) is 22.0. The second kappa shape index (κ2) is 8.35. The fourth-order valence-electron chi connectivity index (χ4n) is 3.18. The van der Waals surface area contributed by atoms with Crippen LogP contribution in [0.3, 0.4) is 0 Å². The third-order valence-corrected chi connectivity index (χ3v) is 4.89. The molecule has 1 aromatic carbocycles. The Kier molecular flexibility index (Phi) is 5.99. The van der Waals surface area contributed by atoms with E-state index < -0.39 is 29.0 Å². The normalized spacial score (nSPS) is 16.2. The summed E-state index contributed by atoms with van der Waals surface area (Å²) in [6.07, 6.45) is 7.21. The number of rotatable bonds is 6. The SMILES string of the molecule is C#CCN1c2nc(Nc3cc(F)c(O)c(F)c3)ncc2N(CCC(C)(C)O)C(=O)[C@H]1C. The van der Waals surface area contributed by atoms with Gasteiger partial charge in [0, 0.05) is 24.4 Å². The zero-order chi connectivity index (χ0) is 22.9. The number of hydrogen-bond acceptors (Lipinski definition) is 7. The monoisotopic (exact) mass is 431 g/mol. The van der Waals surface area contributed by atoms with E-state index in [2.05, 4.69) is 21.2 Å². The molecule has 0 unspecified atom stereocenters. The van der Waals surface area contributed by atoms with Crippen molar-refractivity contribution in [1.29, 1.82) is 0 Å². The first-order valence-corrected chi connectivity index (χ1v) is 9.57. The molecule has 31 heavy (non-hydrogen) atoms. The summed E-state index contributed by atoms with van der Waals surface area (Å²) in [6, 6.07) is 1.20. The summed E-state index contributed by atoms with van der Waals surface area (Å²) in [4.78, 5) is 24.6. The zero-order valence-corrected chi connectivity index (χ0v) is 17.4. The lowest BCUT2D eigenvalue weighted by molar-refractivity contribution is -0.120. The van der Waals surface area contributed by atoms with Crippen LogP contribution in [0.5, 0.6) is 5.75 Å². The van der Waals surface area contributed by atoms with Crippen molar-refractivity contribution in [2.24, 2.45) is 0 Å². The standard InChI is InChI=1S/C21H23F2N5O3/c1-5-7-27-12(2)19(30)28(8-6-21(3,4)31)16-11-24-20(26-18(16)27)25-13-9-14(22)17(29)15(23)10-13/h1,9-12,29,31H,6-8H2,2-4H3,(H,24,25,26)/t12-/m1/s1. The lowest BCUT2D eigenvalue weighted by Crippen LogP contribution is -2.53. The Balaban J connectivity index is 1.99. The number of aromatic hydroxyl groups is 1. The zero-order valence-electron chi connectivity index (χ0n) is 17.4.